The van der Waals surface area contributed by atoms with E-state index >= 15 is 0 Å². The molecular weight excluding hydrogens is 444 g/mol. The number of hydrogen-bond acceptors (Lipinski definition) is 4. The average molecular weight is 481 g/mol. The maximum absolute atomic E-state index is 14.1. The zero-order chi connectivity index (χ0) is 25.5. The average Bonchev–Trinajstić information content (AvgIpc) is 2.74. The lowest BCUT2D eigenvalue weighted by Crippen LogP contribution is -2.21. The van der Waals surface area contributed by atoms with Crippen LogP contribution in [0.4, 0.5) is 0 Å². The van der Waals surface area contributed by atoms with Crippen LogP contribution in [-0.4, -0.2) is 20.6 Å². The Kier molecular flexibility index (Phi) is 6.92. The smallest absolute Gasteiger partial charge is 0.189 e. The minimum absolute atomic E-state index is 0.227. The summed E-state index contributed by atoms with van der Waals surface area (Å²) >= 11 is 0. The Morgan fingerprint density at radius 3 is 1.65 bits per heavy atom. The highest BCUT2D eigenvalue weighted by Gasteiger charge is 2.35. The van der Waals surface area contributed by atoms with Gasteiger partial charge in [0.05, 0.1) is 12.0 Å². The van der Waals surface area contributed by atoms with Gasteiger partial charge in [0.2, 0.25) is 0 Å². The van der Waals surface area contributed by atoms with E-state index < -0.39 is 15.1 Å². The fourth-order valence-corrected chi connectivity index (χ4v) is 5.94. The lowest BCUT2D eigenvalue weighted by atomic mass is 9.78. The molecule has 0 saturated heterocycles. The van der Waals surface area contributed by atoms with Gasteiger partial charge >= 0.3 is 0 Å². The maximum Gasteiger partial charge on any atom is 0.189 e. The first kappa shape index (κ1) is 25.8. The molecule has 0 saturated carbocycles. The van der Waals surface area contributed by atoms with Crippen molar-refractivity contribution in [2.45, 2.75) is 69.4 Å². The van der Waals surface area contributed by atoms with Crippen LogP contribution in [0.3, 0.4) is 0 Å². The molecule has 182 valence electrons. The van der Waals surface area contributed by atoms with E-state index in [1.165, 1.54) is 0 Å². The second-order valence-corrected chi connectivity index (χ2v) is 13.0. The summed E-state index contributed by atoms with van der Waals surface area (Å²) in [5, 5.41) is 10.2. The third-order valence-electron chi connectivity index (χ3n) is 6.13. The number of aryl methyl sites for hydroxylation is 1. The van der Waals surface area contributed by atoms with E-state index in [1.54, 1.807) is 43.5 Å². The number of hydrogen-bond donors (Lipinski definition) is 1. The molecule has 0 heterocycles. The van der Waals surface area contributed by atoms with E-state index in [1.807, 2.05) is 72.7 Å². The van der Waals surface area contributed by atoms with Crippen molar-refractivity contribution in [1.82, 2.24) is 0 Å². The molecule has 3 aromatic rings. The number of rotatable bonds is 5. The number of phenolic OH excluding ortho intramolecular Hbond substituents is 1. The second kappa shape index (κ2) is 9.10. The number of sulfone groups is 1. The zero-order valence-corrected chi connectivity index (χ0v) is 22.2. The molecule has 0 aliphatic rings. The van der Waals surface area contributed by atoms with Gasteiger partial charge in [0.1, 0.15) is 16.7 Å². The van der Waals surface area contributed by atoms with Crippen LogP contribution in [0.15, 0.2) is 65.6 Å². The van der Waals surface area contributed by atoms with Crippen molar-refractivity contribution in [1.29, 1.82) is 0 Å². The van der Waals surface area contributed by atoms with Crippen molar-refractivity contribution in [3.63, 3.8) is 0 Å². The minimum atomic E-state index is -3.80. The van der Waals surface area contributed by atoms with Crippen molar-refractivity contribution in [2.24, 2.45) is 0 Å². The Labute approximate surface area is 204 Å². The van der Waals surface area contributed by atoms with Gasteiger partial charge < -0.3 is 9.84 Å². The fraction of sp³-hybridized carbons (Fsp3) is 0.379. The fourth-order valence-electron chi connectivity index (χ4n) is 4.15. The molecule has 3 rings (SSSR count). The Balaban J connectivity index is 2.37. The first-order chi connectivity index (χ1) is 15.7. The van der Waals surface area contributed by atoms with Gasteiger partial charge in [-0.3, -0.25) is 0 Å². The molecule has 34 heavy (non-hydrogen) atoms. The lowest BCUT2D eigenvalue weighted by molar-refractivity contribution is 0.414. The van der Waals surface area contributed by atoms with E-state index in [2.05, 4.69) is 0 Å². The summed E-state index contributed by atoms with van der Waals surface area (Å²) in [6.45, 7) is 14.1. The standard InChI is InChI=1S/C29H36O4S/c1-19-9-15-23(16-10-19)34(31,32)27(20-11-13-22(33-8)14-12-20)21-17-24(28(2,3)4)26(30)25(18-21)29(5,6)7/h9-18,27,30H,1-8H3. The van der Waals surface area contributed by atoms with Gasteiger partial charge in [-0.25, -0.2) is 8.42 Å². The number of methoxy groups -OCH3 is 1. The molecule has 0 amide bonds. The normalized spacial score (nSPS) is 13.5. The van der Waals surface area contributed by atoms with Gasteiger partial charge in [-0.15, -0.1) is 0 Å². The molecule has 0 radical (unpaired) electrons. The Morgan fingerprint density at radius 2 is 1.24 bits per heavy atom. The van der Waals surface area contributed by atoms with E-state index in [4.69, 9.17) is 4.74 Å². The summed E-state index contributed by atoms with van der Waals surface area (Å²) in [6.07, 6.45) is 0. The molecule has 0 aliphatic heterocycles. The van der Waals surface area contributed by atoms with Gasteiger partial charge in [-0.2, -0.15) is 0 Å². The van der Waals surface area contributed by atoms with Crippen LogP contribution in [0.1, 0.15) is 74.6 Å². The van der Waals surface area contributed by atoms with E-state index in [0.717, 1.165) is 16.7 Å². The highest BCUT2D eigenvalue weighted by molar-refractivity contribution is 7.91. The van der Waals surface area contributed by atoms with E-state index in [-0.39, 0.29) is 21.5 Å². The first-order valence-corrected chi connectivity index (χ1v) is 13.0. The maximum atomic E-state index is 14.1. The number of phenols is 1. The van der Waals surface area contributed by atoms with Crippen LogP contribution in [0.2, 0.25) is 0 Å². The lowest BCUT2D eigenvalue weighted by Gasteiger charge is -2.30. The predicted octanol–water partition coefficient (Wildman–Crippen LogP) is 6.87. The van der Waals surface area contributed by atoms with Crippen LogP contribution < -0.4 is 4.74 Å². The largest absolute Gasteiger partial charge is 0.507 e. The highest BCUT2D eigenvalue weighted by Crippen LogP contribution is 2.44. The molecule has 3 aromatic carbocycles. The monoisotopic (exact) mass is 480 g/mol. The summed E-state index contributed by atoms with van der Waals surface area (Å²) in [5.41, 5.74) is 2.98. The number of ether oxygens (including phenoxy) is 1. The summed E-state index contributed by atoms with van der Waals surface area (Å²) in [4.78, 5) is 0.265. The summed E-state index contributed by atoms with van der Waals surface area (Å²) in [7, 11) is -2.22. The summed E-state index contributed by atoms with van der Waals surface area (Å²) in [6, 6.07) is 17.8. The van der Waals surface area contributed by atoms with Crippen molar-refractivity contribution in [3.05, 3.63) is 88.5 Å². The van der Waals surface area contributed by atoms with Crippen LogP contribution >= 0.6 is 0 Å². The van der Waals surface area contributed by atoms with Crippen molar-refractivity contribution in [2.75, 3.05) is 7.11 Å². The van der Waals surface area contributed by atoms with Crippen molar-refractivity contribution in [3.8, 4) is 11.5 Å². The third kappa shape index (κ3) is 5.15. The zero-order valence-electron chi connectivity index (χ0n) is 21.4. The Hall–Kier alpha value is -2.79. The first-order valence-electron chi connectivity index (χ1n) is 11.5. The van der Waals surface area contributed by atoms with Crippen molar-refractivity contribution >= 4 is 9.84 Å². The topological polar surface area (TPSA) is 63.6 Å². The number of benzene rings is 3. The molecule has 4 nitrogen and oxygen atoms in total. The molecule has 1 unspecified atom stereocenters. The number of aromatic hydroxyl groups is 1. The molecular formula is C29H36O4S. The highest BCUT2D eigenvalue weighted by atomic mass is 32.2. The summed E-state index contributed by atoms with van der Waals surface area (Å²) in [5.74, 6) is 0.886. The molecule has 0 spiro atoms. The van der Waals surface area contributed by atoms with Gasteiger partial charge in [0.25, 0.3) is 0 Å². The van der Waals surface area contributed by atoms with Crippen molar-refractivity contribution < 1.29 is 18.3 Å². The molecule has 1 N–H and O–H groups in total. The SMILES string of the molecule is COc1ccc(C(c2cc(C(C)(C)C)c(O)c(C(C)(C)C)c2)S(=O)(=O)c2ccc(C)cc2)cc1. The van der Waals surface area contributed by atoms with Crippen LogP contribution in [0.25, 0.3) is 0 Å². The quantitative estimate of drug-likeness (QED) is 0.433. The van der Waals surface area contributed by atoms with Crippen LogP contribution in [-0.2, 0) is 20.7 Å². The Bertz CT molecular complexity index is 1220. The van der Waals surface area contributed by atoms with Gasteiger partial charge in [-0.1, -0.05) is 71.4 Å². The third-order valence-corrected chi connectivity index (χ3v) is 8.22. The van der Waals surface area contributed by atoms with Gasteiger partial charge in [0, 0.05) is 0 Å². The molecule has 0 aromatic heterocycles. The van der Waals surface area contributed by atoms with Gasteiger partial charge in [-0.05, 0) is 76.4 Å². The molecule has 1 atom stereocenters. The van der Waals surface area contributed by atoms with E-state index in [0.29, 0.717) is 16.9 Å². The van der Waals surface area contributed by atoms with Crippen LogP contribution in [0, 0.1) is 6.92 Å². The molecule has 0 bridgehead atoms. The second-order valence-electron chi connectivity index (χ2n) is 11.0. The molecule has 0 fully saturated rings. The predicted molar refractivity (Wildman–Crippen MR) is 139 cm³/mol. The molecule has 5 heteroatoms. The molecule has 0 aliphatic carbocycles. The van der Waals surface area contributed by atoms with Crippen LogP contribution in [0.5, 0.6) is 11.5 Å². The summed E-state index contributed by atoms with van der Waals surface area (Å²) < 4.78 is 33.5. The Morgan fingerprint density at radius 1 is 0.765 bits per heavy atom. The van der Waals surface area contributed by atoms with E-state index in [9.17, 15) is 13.5 Å². The van der Waals surface area contributed by atoms with Gasteiger partial charge in [0.15, 0.2) is 9.84 Å². The minimum Gasteiger partial charge on any atom is -0.507 e.